The molecule has 0 fully saturated rings. The number of amides is 1. The first-order valence-electron chi connectivity index (χ1n) is 5.07. The van der Waals surface area contributed by atoms with Gasteiger partial charge in [-0.05, 0) is 24.6 Å². The van der Waals surface area contributed by atoms with E-state index in [2.05, 4.69) is 5.32 Å². The molecule has 16 heavy (non-hydrogen) atoms. The molecule has 0 atom stereocenters. The molecule has 1 N–H and O–H groups in total. The Morgan fingerprint density at radius 2 is 2.31 bits per heavy atom. The third-order valence-electron chi connectivity index (χ3n) is 2.02. The molecular formula is C12H14N2O2. The fourth-order valence-corrected chi connectivity index (χ4v) is 1.22. The number of carbonyl (C=O) groups excluding carboxylic acids is 1. The molecule has 0 radical (unpaired) electrons. The predicted octanol–water partition coefficient (Wildman–Crippen LogP) is 2.25. The SMILES string of the molecule is CCC(=O)Nc1cc(C)ccc1OCC#N. The Bertz CT molecular complexity index is 422. The van der Waals surface area contributed by atoms with E-state index in [1.165, 1.54) is 0 Å². The number of hydrogen-bond donors (Lipinski definition) is 1. The molecule has 1 rings (SSSR count). The van der Waals surface area contributed by atoms with Crippen LogP contribution in [0.1, 0.15) is 18.9 Å². The van der Waals surface area contributed by atoms with Crippen LogP contribution in [0.25, 0.3) is 0 Å². The van der Waals surface area contributed by atoms with Crippen LogP contribution in [0.15, 0.2) is 18.2 Å². The van der Waals surface area contributed by atoms with Crippen molar-refractivity contribution in [3.05, 3.63) is 23.8 Å². The first-order chi connectivity index (χ1) is 7.67. The number of nitrogens with one attached hydrogen (secondary N) is 1. The molecule has 84 valence electrons. The van der Waals surface area contributed by atoms with Gasteiger partial charge in [-0.2, -0.15) is 5.26 Å². The molecule has 1 aromatic carbocycles. The second kappa shape index (κ2) is 5.76. The average Bonchev–Trinajstić information content (AvgIpc) is 2.28. The minimum Gasteiger partial charge on any atom is -0.477 e. The van der Waals surface area contributed by atoms with Crippen molar-refractivity contribution in [2.24, 2.45) is 0 Å². The van der Waals surface area contributed by atoms with E-state index in [1.807, 2.05) is 25.1 Å². The molecule has 0 aromatic heterocycles. The Balaban J connectivity index is 2.90. The lowest BCUT2D eigenvalue weighted by Crippen LogP contribution is -2.11. The maximum absolute atomic E-state index is 11.3. The number of ether oxygens (including phenoxy) is 1. The van der Waals surface area contributed by atoms with Crippen LogP contribution in [0.2, 0.25) is 0 Å². The molecule has 0 saturated carbocycles. The van der Waals surface area contributed by atoms with Crippen molar-refractivity contribution in [2.45, 2.75) is 20.3 Å². The largest absolute Gasteiger partial charge is 0.477 e. The number of nitrogens with zero attached hydrogens (tertiary/aromatic N) is 1. The van der Waals surface area contributed by atoms with E-state index in [0.717, 1.165) is 5.56 Å². The van der Waals surface area contributed by atoms with E-state index in [4.69, 9.17) is 10.00 Å². The van der Waals surface area contributed by atoms with Gasteiger partial charge in [-0.3, -0.25) is 4.79 Å². The van der Waals surface area contributed by atoms with Gasteiger partial charge in [0, 0.05) is 6.42 Å². The highest BCUT2D eigenvalue weighted by Crippen LogP contribution is 2.25. The maximum Gasteiger partial charge on any atom is 0.224 e. The highest BCUT2D eigenvalue weighted by Gasteiger charge is 2.06. The van der Waals surface area contributed by atoms with Crippen molar-refractivity contribution in [3.8, 4) is 11.8 Å². The van der Waals surface area contributed by atoms with Crippen molar-refractivity contribution >= 4 is 11.6 Å². The number of benzene rings is 1. The quantitative estimate of drug-likeness (QED) is 0.843. The maximum atomic E-state index is 11.3. The first-order valence-corrected chi connectivity index (χ1v) is 5.07. The van der Waals surface area contributed by atoms with E-state index in [1.54, 1.807) is 13.0 Å². The fourth-order valence-electron chi connectivity index (χ4n) is 1.22. The van der Waals surface area contributed by atoms with Crippen molar-refractivity contribution in [1.82, 2.24) is 0 Å². The highest BCUT2D eigenvalue weighted by molar-refractivity contribution is 5.92. The molecule has 0 bridgehead atoms. The Morgan fingerprint density at radius 3 is 2.94 bits per heavy atom. The molecule has 0 aliphatic carbocycles. The molecule has 0 unspecified atom stereocenters. The summed E-state index contributed by atoms with van der Waals surface area (Å²) in [6, 6.07) is 7.33. The zero-order valence-electron chi connectivity index (χ0n) is 9.41. The van der Waals surface area contributed by atoms with Crippen LogP contribution in [-0.4, -0.2) is 12.5 Å². The van der Waals surface area contributed by atoms with E-state index in [9.17, 15) is 4.79 Å². The molecule has 4 nitrogen and oxygen atoms in total. The van der Waals surface area contributed by atoms with Crippen LogP contribution in [-0.2, 0) is 4.79 Å². The highest BCUT2D eigenvalue weighted by atomic mass is 16.5. The molecule has 1 amide bonds. The monoisotopic (exact) mass is 218 g/mol. The average molecular weight is 218 g/mol. The molecule has 0 aliphatic rings. The van der Waals surface area contributed by atoms with Crippen LogP contribution in [0, 0.1) is 18.3 Å². The van der Waals surface area contributed by atoms with Crippen LogP contribution < -0.4 is 10.1 Å². The summed E-state index contributed by atoms with van der Waals surface area (Å²) < 4.78 is 5.21. The number of nitriles is 1. The van der Waals surface area contributed by atoms with Gasteiger partial charge < -0.3 is 10.1 Å². The summed E-state index contributed by atoms with van der Waals surface area (Å²) >= 11 is 0. The van der Waals surface area contributed by atoms with Gasteiger partial charge >= 0.3 is 0 Å². The van der Waals surface area contributed by atoms with Crippen LogP contribution in [0.5, 0.6) is 5.75 Å². The molecule has 1 aromatic rings. The number of rotatable bonds is 4. The van der Waals surface area contributed by atoms with Gasteiger partial charge in [0.25, 0.3) is 0 Å². The van der Waals surface area contributed by atoms with E-state index in [0.29, 0.717) is 17.9 Å². The minimum atomic E-state index is -0.0765. The summed E-state index contributed by atoms with van der Waals surface area (Å²) in [6.07, 6.45) is 0.408. The lowest BCUT2D eigenvalue weighted by atomic mass is 10.2. The molecule has 0 saturated heterocycles. The standard InChI is InChI=1S/C12H14N2O2/c1-3-12(15)14-10-8-9(2)4-5-11(10)16-7-6-13/h4-5,8H,3,7H2,1-2H3,(H,14,15). The molecule has 0 aliphatic heterocycles. The number of anilines is 1. The van der Waals surface area contributed by atoms with Gasteiger partial charge in [-0.25, -0.2) is 0 Å². The zero-order chi connectivity index (χ0) is 12.0. The molecule has 0 spiro atoms. The third kappa shape index (κ3) is 3.28. The smallest absolute Gasteiger partial charge is 0.224 e. The van der Waals surface area contributed by atoms with Crippen molar-refractivity contribution in [3.63, 3.8) is 0 Å². The summed E-state index contributed by atoms with van der Waals surface area (Å²) in [5.74, 6) is 0.446. The van der Waals surface area contributed by atoms with Gasteiger partial charge in [0.1, 0.15) is 11.8 Å². The number of carbonyl (C=O) groups is 1. The van der Waals surface area contributed by atoms with Gasteiger partial charge in [0.05, 0.1) is 5.69 Å². The zero-order valence-corrected chi connectivity index (χ0v) is 9.41. The topological polar surface area (TPSA) is 62.1 Å². The predicted molar refractivity (Wildman–Crippen MR) is 61.2 cm³/mol. The van der Waals surface area contributed by atoms with Crippen LogP contribution in [0.4, 0.5) is 5.69 Å². The second-order valence-corrected chi connectivity index (χ2v) is 3.35. The van der Waals surface area contributed by atoms with Gasteiger partial charge in [0.2, 0.25) is 5.91 Å². The van der Waals surface area contributed by atoms with Crippen molar-refractivity contribution in [1.29, 1.82) is 5.26 Å². The lowest BCUT2D eigenvalue weighted by molar-refractivity contribution is -0.115. The summed E-state index contributed by atoms with van der Waals surface area (Å²) in [4.78, 5) is 11.3. The summed E-state index contributed by atoms with van der Waals surface area (Å²) in [7, 11) is 0. The summed E-state index contributed by atoms with van der Waals surface area (Å²) in [5, 5.41) is 11.2. The van der Waals surface area contributed by atoms with Gasteiger partial charge in [0.15, 0.2) is 6.61 Å². The first kappa shape index (κ1) is 12.1. The molecule has 0 heterocycles. The molecular weight excluding hydrogens is 204 g/mol. The Morgan fingerprint density at radius 1 is 1.56 bits per heavy atom. The number of hydrogen-bond acceptors (Lipinski definition) is 3. The lowest BCUT2D eigenvalue weighted by Gasteiger charge is -2.10. The second-order valence-electron chi connectivity index (χ2n) is 3.35. The van der Waals surface area contributed by atoms with E-state index < -0.39 is 0 Å². The van der Waals surface area contributed by atoms with E-state index >= 15 is 0 Å². The van der Waals surface area contributed by atoms with Crippen molar-refractivity contribution in [2.75, 3.05) is 11.9 Å². The molecule has 4 heteroatoms. The normalized spacial score (nSPS) is 9.31. The van der Waals surface area contributed by atoms with Crippen molar-refractivity contribution < 1.29 is 9.53 Å². The third-order valence-corrected chi connectivity index (χ3v) is 2.02. The summed E-state index contributed by atoms with van der Waals surface area (Å²) in [5.41, 5.74) is 1.64. The summed E-state index contributed by atoms with van der Waals surface area (Å²) in [6.45, 7) is 3.68. The Kier molecular flexibility index (Phi) is 4.34. The van der Waals surface area contributed by atoms with Crippen LogP contribution in [0.3, 0.4) is 0 Å². The van der Waals surface area contributed by atoms with Gasteiger partial charge in [-0.1, -0.05) is 13.0 Å². The Labute approximate surface area is 94.8 Å². The van der Waals surface area contributed by atoms with Crippen LogP contribution >= 0.6 is 0 Å². The minimum absolute atomic E-state index is 0.0297. The number of aryl methyl sites for hydroxylation is 1. The Hall–Kier alpha value is -2.02. The fraction of sp³-hybridized carbons (Fsp3) is 0.333. The van der Waals surface area contributed by atoms with E-state index in [-0.39, 0.29) is 12.5 Å². The van der Waals surface area contributed by atoms with Gasteiger partial charge in [-0.15, -0.1) is 0 Å².